The number of hydrogen-bond donors (Lipinski definition) is 1. The Bertz CT molecular complexity index is 1110. The second kappa shape index (κ2) is 8.10. The van der Waals surface area contributed by atoms with Crippen molar-refractivity contribution in [1.82, 2.24) is 19.5 Å². The van der Waals surface area contributed by atoms with Crippen molar-refractivity contribution in [2.75, 3.05) is 43.1 Å². The molecular weight excluding hydrogens is 406 g/mol. The number of anilines is 2. The van der Waals surface area contributed by atoms with Crippen LogP contribution in [0.4, 0.5) is 25.1 Å². The van der Waals surface area contributed by atoms with E-state index in [-0.39, 0.29) is 12.1 Å². The molecule has 2 aliphatic rings. The van der Waals surface area contributed by atoms with E-state index in [2.05, 4.69) is 10.4 Å². The molecule has 0 saturated carbocycles. The van der Waals surface area contributed by atoms with E-state index in [0.717, 1.165) is 18.6 Å². The predicted octanol–water partition coefficient (Wildman–Crippen LogP) is 3.21. The van der Waals surface area contributed by atoms with Gasteiger partial charge in [0.1, 0.15) is 23.1 Å². The Morgan fingerprint density at radius 2 is 2.00 bits per heavy atom. The molecule has 31 heavy (non-hydrogen) atoms. The van der Waals surface area contributed by atoms with Gasteiger partial charge in [0, 0.05) is 31.4 Å². The van der Waals surface area contributed by atoms with Gasteiger partial charge in [0.15, 0.2) is 5.65 Å². The van der Waals surface area contributed by atoms with Crippen molar-refractivity contribution in [2.45, 2.75) is 18.9 Å². The number of rotatable bonds is 3. The van der Waals surface area contributed by atoms with Crippen molar-refractivity contribution in [2.24, 2.45) is 0 Å². The van der Waals surface area contributed by atoms with Crippen molar-refractivity contribution in [1.29, 1.82) is 0 Å². The SMILES string of the molecule is O=C(Nc1cnn2ccc(N3CCC[C@@H]3c3cc(F)ccc3F)nc12)N1CCOCC1. The minimum atomic E-state index is -0.462. The van der Waals surface area contributed by atoms with Crippen LogP contribution in [0.2, 0.25) is 0 Å². The third kappa shape index (κ3) is 3.78. The van der Waals surface area contributed by atoms with Crippen LogP contribution >= 0.6 is 0 Å². The van der Waals surface area contributed by atoms with E-state index in [1.807, 2.05) is 4.90 Å². The monoisotopic (exact) mass is 428 g/mol. The molecule has 4 heterocycles. The van der Waals surface area contributed by atoms with Crippen molar-refractivity contribution < 1.29 is 18.3 Å². The number of ether oxygens (including phenoxy) is 1. The highest BCUT2D eigenvalue weighted by atomic mass is 19.1. The zero-order valence-electron chi connectivity index (χ0n) is 16.8. The third-order valence-corrected chi connectivity index (χ3v) is 5.76. The normalized spacial score (nSPS) is 19.2. The van der Waals surface area contributed by atoms with Gasteiger partial charge in [-0.1, -0.05) is 0 Å². The summed E-state index contributed by atoms with van der Waals surface area (Å²) in [6.07, 6.45) is 4.85. The Morgan fingerprint density at radius 1 is 1.16 bits per heavy atom. The third-order valence-electron chi connectivity index (χ3n) is 5.76. The van der Waals surface area contributed by atoms with Crippen molar-refractivity contribution in [3.63, 3.8) is 0 Å². The molecule has 2 aromatic heterocycles. The zero-order valence-corrected chi connectivity index (χ0v) is 16.8. The van der Waals surface area contributed by atoms with Gasteiger partial charge in [-0.3, -0.25) is 0 Å². The first-order valence-corrected chi connectivity index (χ1v) is 10.3. The fourth-order valence-corrected chi connectivity index (χ4v) is 4.20. The van der Waals surface area contributed by atoms with E-state index in [9.17, 15) is 13.6 Å². The number of benzene rings is 1. The summed E-state index contributed by atoms with van der Waals surface area (Å²) in [5.41, 5.74) is 1.31. The first kappa shape index (κ1) is 19.7. The summed E-state index contributed by atoms with van der Waals surface area (Å²) in [7, 11) is 0. The second-order valence-corrected chi connectivity index (χ2v) is 7.66. The predicted molar refractivity (Wildman–Crippen MR) is 110 cm³/mol. The Morgan fingerprint density at radius 3 is 2.84 bits per heavy atom. The number of amides is 2. The maximum absolute atomic E-state index is 14.4. The Kier molecular flexibility index (Phi) is 5.14. The van der Waals surface area contributed by atoms with Gasteiger partial charge in [-0.15, -0.1) is 0 Å². The fourth-order valence-electron chi connectivity index (χ4n) is 4.20. The summed E-state index contributed by atoms with van der Waals surface area (Å²) in [6.45, 7) is 2.75. The van der Waals surface area contributed by atoms with Gasteiger partial charge in [-0.05, 0) is 37.1 Å². The van der Waals surface area contributed by atoms with Crippen LogP contribution in [0.1, 0.15) is 24.4 Å². The molecule has 0 aliphatic carbocycles. The van der Waals surface area contributed by atoms with Crippen molar-refractivity contribution in [3.8, 4) is 0 Å². The molecule has 8 nitrogen and oxygen atoms in total. The Balaban J connectivity index is 1.43. The van der Waals surface area contributed by atoms with Gasteiger partial charge in [-0.2, -0.15) is 5.10 Å². The number of halogens is 2. The molecular formula is C21H22F2N6O2. The highest BCUT2D eigenvalue weighted by molar-refractivity contribution is 5.93. The Hall–Kier alpha value is -3.27. The smallest absolute Gasteiger partial charge is 0.322 e. The molecule has 162 valence electrons. The zero-order chi connectivity index (χ0) is 21.4. The first-order valence-electron chi connectivity index (χ1n) is 10.3. The lowest BCUT2D eigenvalue weighted by Crippen LogP contribution is -2.43. The van der Waals surface area contributed by atoms with E-state index in [1.165, 1.54) is 6.07 Å². The van der Waals surface area contributed by atoms with E-state index in [1.54, 1.807) is 27.9 Å². The molecule has 1 N–H and O–H groups in total. The minimum Gasteiger partial charge on any atom is -0.378 e. The quantitative estimate of drug-likeness (QED) is 0.694. The van der Waals surface area contributed by atoms with Crippen LogP contribution in [0.5, 0.6) is 0 Å². The van der Waals surface area contributed by atoms with Crippen LogP contribution in [0.3, 0.4) is 0 Å². The van der Waals surface area contributed by atoms with Crippen LogP contribution in [0.15, 0.2) is 36.7 Å². The lowest BCUT2D eigenvalue weighted by atomic mass is 10.0. The maximum Gasteiger partial charge on any atom is 0.322 e. The highest BCUT2D eigenvalue weighted by Gasteiger charge is 2.30. The summed E-state index contributed by atoms with van der Waals surface area (Å²) in [5, 5.41) is 7.13. The Labute approximate surface area is 177 Å². The van der Waals surface area contributed by atoms with Gasteiger partial charge in [0.2, 0.25) is 0 Å². The second-order valence-electron chi connectivity index (χ2n) is 7.66. The number of fused-ring (bicyclic) bond motifs is 1. The molecule has 0 spiro atoms. The minimum absolute atomic E-state index is 0.230. The average Bonchev–Trinajstić information content (AvgIpc) is 3.43. The summed E-state index contributed by atoms with van der Waals surface area (Å²) in [5.74, 6) is -0.265. The van der Waals surface area contributed by atoms with Crippen molar-refractivity contribution >= 4 is 23.2 Å². The van der Waals surface area contributed by atoms with Gasteiger partial charge < -0.3 is 19.9 Å². The van der Waals surface area contributed by atoms with Gasteiger partial charge in [0.25, 0.3) is 0 Å². The molecule has 2 saturated heterocycles. The molecule has 1 aromatic carbocycles. The largest absolute Gasteiger partial charge is 0.378 e. The lowest BCUT2D eigenvalue weighted by molar-refractivity contribution is 0.0565. The lowest BCUT2D eigenvalue weighted by Gasteiger charge is -2.27. The fraction of sp³-hybridized carbons (Fsp3) is 0.381. The number of carbonyl (C=O) groups excluding carboxylic acids is 1. The number of morpholine rings is 1. The standard InChI is InChI=1S/C21H22F2N6O2/c22-14-3-4-16(23)15(12-14)18-2-1-6-28(18)19-5-7-29-20(26-19)17(13-24-29)25-21(30)27-8-10-31-11-9-27/h3-5,7,12-13,18H,1-2,6,8-11H2,(H,25,30)/t18-/m1/s1. The van der Waals surface area contributed by atoms with E-state index in [0.29, 0.717) is 62.0 Å². The molecule has 1 atom stereocenters. The number of hydrogen-bond acceptors (Lipinski definition) is 5. The molecule has 0 unspecified atom stereocenters. The van der Waals surface area contributed by atoms with Crippen LogP contribution in [0, 0.1) is 11.6 Å². The molecule has 2 fully saturated rings. The van der Waals surface area contributed by atoms with Crippen molar-refractivity contribution in [3.05, 3.63) is 53.9 Å². The van der Waals surface area contributed by atoms with Crippen LogP contribution in [-0.4, -0.2) is 58.4 Å². The molecule has 10 heteroatoms. The summed E-state index contributed by atoms with van der Waals surface area (Å²) < 4.78 is 35.0. The highest BCUT2D eigenvalue weighted by Crippen LogP contribution is 2.37. The maximum atomic E-state index is 14.4. The topological polar surface area (TPSA) is 75.0 Å². The van der Waals surface area contributed by atoms with Crippen LogP contribution in [0.25, 0.3) is 5.65 Å². The summed E-state index contributed by atoms with van der Waals surface area (Å²) in [6, 6.07) is 4.80. The average molecular weight is 428 g/mol. The molecule has 0 radical (unpaired) electrons. The van der Waals surface area contributed by atoms with Gasteiger partial charge in [-0.25, -0.2) is 23.1 Å². The first-order chi connectivity index (χ1) is 15.1. The molecule has 2 amide bonds. The molecule has 2 aliphatic heterocycles. The summed E-state index contributed by atoms with van der Waals surface area (Å²) in [4.78, 5) is 20.9. The molecule has 3 aromatic rings. The van der Waals surface area contributed by atoms with Gasteiger partial charge in [0.05, 0.1) is 25.5 Å². The van der Waals surface area contributed by atoms with E-state index < -0.39 is 11.6 Å². The van der Waals surface area contributed by atoms with Crippen LogP contribution < -0.4 is 10.2 Å². The number of carbonyl (C=O) groups is 1. The number of nitrogens with one attached hydrogen (secondary N) is 1. The molecule has 0 bridgehead atoms. The summed E-state index contributed by atoms with van der Waals surface area (Å²) >= 11 is 0. The van der Waals surface area contributed by atoms with E-state index >= 15 is 0 Å². The number of nitrogens with zero attached hydrogens (tertiary/aromatic N) is 5. The van der Waals surface area contributed by atoms with Gasteiger partial charge >= 0.3 is 6.03 Å². The molecule has 5 rings (SSSR count). The van der Waals surface area contributed by atoms with E-state index in [4.69, 9.17) is 9.72 Å². The number of aromatic nitrogens is 3. The van der Waals surface area contributed by atoms with Crippen LogP contribution in [-0.2, 0) is 4.74 Å². The number of urea groups is 1.